The van der Waals surface area contributed by atoms with Crippen molar-refractivity contribution in [1.29, 1.82) is 0 Å². The van der Waals surface area contributed by atoms with Crippen LogP contribution in [-0.4, -0.2) is 55.3 Å². The Morgan fingerprint density at radius 2 is 2.10 bits per heavy atom. The van der Waals surface area contributed by atoms with E-state index in [1.165, 1.54) is 30.3 Å². The van der Waals surface area contributed by atoms with Crippen LogP contribution in [0, 0.1) is 5.82 Å². The molecule has 1 amide bonds. The van der Waals surface area contributed by atoms with Gasteiger partial charge in [-0.2, -0.15) is 0 Å². The zero-order valence-electron chi connectivity index (χ0n) is 17.1. The summed E-state index contributed by atoms with van der Waals surface area (Å²) in [5, 5.41) is 12.3. The lowest BCUT2D eigenvalue weighted by Crippen LogP contribution is -2.45. The molecule has 7 heteroatoms. The van der Waals surface area contributed by atoms with Gasteiger partial charge in [0.1, 0.15) is 11.6 Å². The van der Waals surface area contributed by atoms with Crippen LogP contribution >= 0.6 is 11.6 Å². The van der Waals surface area contributed by atoms with Crippen molar-refractivity contribution >= 4 is 17.5 Å². The second kappa shape index (κ2) is 12.3. The molecule has 1 aliphatic rings. The van der Waals surface area contributed by atoms with Gasteiger partial charge in [-0.1, -0.05) is 29.8 Å². The molecule has 0 spiro atoms. The van der Waals surface area contributed by atoms with Gasteiger partial charge in [-0.15, -0.1) is 6.58 Å². The molecule has 30 heavy (non-hydrogen) atoms. The topological polar surface area (TPSA) is 61.8 Å². The maximum Gasteiger partial charge on any atom is 0.251 e. The highest BCUT2D eigenvalue weighted by Gasteiger charge is 2.18. The molecule has 2 aromatic rings. The first-order valence-corrected chi connectivity index (χ1v) is 10.2. The number of ether oxygens (including phenoxy) is 1. The summed E-state index contributed by atoms with van der Waals surface area (Å²) in [6.07, 6.45) is 3.77. The third-order valence-electron chi connectivity index (χ3n) is 4.59. The van der Waals surface area contributed by atoms with Crippen LogP contribution in [0.25, 0.3) is 0 Å². The largest absolute Gasteiger partial charge is 0.506 e. The summed E-state index contributed by atoms with van der Waals surface area (Å²) in [6, 6.07) is 11.0. The number of aromatic hydroxyl groups is 1. The summed E-state index contributed by atoms with van der Waals surface area (Å²) >= 11 is 5.76. The average molecular weight is 435 g/mol. The Morgan fingerprint density at radius 1 is 1.37 bits per heavy atom. The van der Waals surface area contributed by atoms with Gasteiger partial charge in [0.15, 0.2) is 0 Å². The lowest BCUT2D eigenvalue weighted by molar-refractivity contribution is -0.0175. The Morgan fingerprint density at radius 3 is 2.73 bits per heavy atom. The van der Waals surface area contributed by atoms with Crippen LogP contribution in [0.15, 0.2) is 55.1 Å². The number of phenols is 1. The molecule has 5 nitrogen and oxygen atoms in total. The number of likely N-dealkylation sites (N-methyl/N-ethyl adjacent to an activating group) is 1. The quantitative estimate of drug-likeness (QED) is 0.673. The molecule has 1 atom stereocenters. The van der Waals surface area contributed by atoms with Gasteiger partial charge < -0.3 is 20.1 Å². The number of morpholine rings is 1. The third kappa shape index (κ3) is 8.14. The highest BCUT2D eigenvalue weighted by molar-refractivity contribution is 6.32. The smallest absolute Gasteiger partial charge is 0.251 e. The number of rotatable bonds is 6. The molecule has 1 unspecified atom stereocenters. The Bertz CT molecular complexity index is 830. The number of nitrogens with one attached hydrogen (secondary N) is 1. The highest BCUT2D eigenvalue weighted by atomic mass is 35.5. The van der Waals surface area contributed by atoms with E-state index in [0.29, 0.717) is 18.7 Å². The van der Waals surface area contributed by atoms with E-state index in [9.17, 15) is 14.3 Å². The molecule has 162 valence electrons. The Labute approximate surface area is 182 Å². The van der Waals surface area contributed by atoms with E-state index in [1.54, 1.807) is 12.1 Å². The lowest BCUT2D eigenvalue weighted by Gasteiger charge is -2.30. The van der Waals surface area contributed by atoms with Crippen molar-refractivity contribution in [2.24, 2.45) is 0 Å². The van der Waals surface area contributed by atoms with Gasteiger partial charge in [0, 0.05) is 25.2 Å². The maximum atomic E-state index is 12.4. The highest BCUT2D eigenvalue weighted by Crippen LogP contribution is 2.23. The minimum atomic E-state index is -0.223. The third-order valence-corrected chi connectivity index (χ3v) is 4.90. The summed E-state index contributed by atoms with van der Waals surface area (Å²) in [5.74, 6) is -0.429. The van der Waals surface area contributed by atoms with Crippen molar-refractivity contribution < 1.29 is 19.0 Å². The van der Waals surface area contributed by atoms with Gasteiger partial charge >= 0.3 is 0 Å². The number of benzene rings is 2. The molecular weight excluding hydrogens is 407 g/mol. The fraction of sp³-hybridized carbons (Fsp3) is 0.348. The molecule has 1 heterocycles. The monoisotopic (exact) mass is 434 g/mol. The first-order valence-electron chi connectivity index (χ1n) is 9.81. The van der Waals surface area contributed by atoms with E-state index in [1.807, 2.05) is 13.1 Å². The molecule has 0 radical (unpaired) electrons. The summed E-state index contributed by atoms with van der Waals surface area (Å²) in [7, 11) is 2.02. The first kappa shape index (κ1) is 23.9. The number of carbonyl (C=O) groups is 1. The summed E-state index contributed by atoms with van der Waals surface area (Å²) in [5.41, 5.74) is 1.58. The van der Waals surface area contributed by atoms with Gasteiger partial charge in [0.05, 0.1) is 17.7 Å². The number of amides is 1. The average Bonchev–Trinajstić information content (AvgIpc) is 2.74. The molecule has 0 saturated carbocycles. The Balaban J connectivity index is 0.000000248. The van der Waals surface area contributed by atoms with E-state index in [4.69, 9.17) is 16.3 Å². The molecule has 1 fully saturated rings. The lowest BCUT2D eigenvalue weighted by atomic mass is 10.1. The summed E-state index contributed by atoms with van der Waals surface area (Å²) in [4.78, 5) is 14.1. The molecule has 3 rings (SSSR count). The molecule has 0 aliphatic carbocycles. The molecule has 0 bridgehead atoms. The van der Waals surface area contributed by atoms with Crippen molar-refractivity contribution in [2.75, 3.05) is 33.3 Å². The fourth-order valence-corrected chi connectivity index (χ4v) is 3.05. The number of nitrogens with zero attached hydrogens (tertiary/aromatic N) is 1. The minimum absolute atomic E-state index is 0.00952. The van der Waals surface area contributed by atoms with Crippen LogP contribution < -0.4 is 5.32 Å². The Kier molecular flexibility index (Phi) is 9.80. The maximum absolute atomic E-state index is 12.4. The van der Waals surface area contributed by atoms with Crippen LogP contribution in [0.3, 0.4) is 0 Å². The summed E-state index contributed by atoms with van der Waals surface area (Å²) < 4.78 is 17.9. The number of allylic oxidation sites excluding steroid dienone is 1. The van der Waals surface area contributed by atoms with E-state index in [-0.39, 0.29) is 28.6 Å². The molecule has 0 aromatic heterocycles. The molecule has 1 aliphatic heterocycles. The molecule has 2 aromatic carbocycles. The van der Waals surface area contributed by atoms with Crippen LogP contribution in [0.1, 0.15) is 22.3 Å². The molecule has 1 saturated heterocycles. The van der Waals surface area contributed by atoms with Crippen molar-refractivity contribution in [2.45, 2.75) is 18.9 Å². The molecule has 2 N–H and O–H groups in total. The van der Waals surface area contributed by atoms with E-state index < -0.39 is 0 Å². The number of hydrogen-bond donors (Lipinski definition) is 2. The van der Waals surface area contributed by atoms with Gasteiger partial charge in [0.25, 0.3) is 5.91 Å². The van der Waals surface area contributed by atoms with Gasteiger partial charge in [-0.05, 0) is 55.8 Å². The Hall–Kier alpha value is -2.41. The number of hydrogen-bond acceptors (Lipinski definition) is 4. The second-order valence-electron chi connectivity index (χ2n) is 7.09. The standard InChI is InChI=1S/C13H17ClN2O3.C10H11F/c1-16-4-5-19-10(8-16)7-15-13(18)9-2-3-12(17)11(14)6-9;1-2-3-4-9-5-7-10(11)8-6-9/h2-3,6,10,17H,4-5,7-8H2,1H3,(H,15,18);2,5-8H,1,3-4H2. The predicted octanol–water partition coefficient (Wildman–Crippen LogP) is 4.05. The second-order valence-corrected chi connectivity index (χ2v) is 7.49. The molecular formula is C23H28ClFN2O3. The first-order chi connectivity index (χ1) is 14.4. The van der Waals surface area contributed by atoms with E-state index in [0.717, 1.165) is 31.5 Å². The van der Waals surface area contributed by atoms with Gasteiger partial charge in [0.2, 0.25) is 0 Å². The van der Waals surface area contributed by atoms with Crippen LogP contribution in [0.4, 0.5) is 4.39 Å². The van der Waals surface area contributed by atoms with Crippen molar-refractivity contribution in [1.82, 2.24) is 10.2 Å². The van der Waals surface area contributed by atoms with Crippen LogP contribution in [-0.2, 0) is 11.2 Å². The van der Waals surface area contributed by atoms with Crippen molar-refractivity contribution in [3.8, 4) is 5.75 Å². The van der Waals surface area contributed by atoms with E-state index in [2.05, 4.69) is 16.8 Å². The number of carbonyl (C=O) groups excluding carboxylic acids is 1. The summed E-state index contributed by atoms with van der Waals surface area (Å²) in [6.45, 7) is 6.48. The zero-order valence-corrected chi connectivity index (χ0v) is 17.9. The predicted molar refractivity (Wildman–Crippen MR) is 118 cm³/mol. The van der Waals surface area contributed by atoms with Crippen LogP contribution in [0.2, 0.25) is 5.02 Å². The van der Waals surface area contributed by atoms with Crippen molar-refractivity contribution in [3.63, 3.8) is 0 Å². The SMILES string of the molecule is C=CCCc1ccc(F)cc1.CN1CCOC(CNC(=O)c2ccc(O)c(Cl)c2)C1. The van der Waals surface area contributed by atoms with Crippen molar-refractivity contribution in [3.05, 3.63) is 77.1 Å². The van der Waals surface area contributed by atoms with Crippen LogP contribution in [0.5, 0.6) is 5.75 Å². The van der Waals surface area contributed by atoms with Gasteiger partial charge in [-0.25, -0.2) is 4.39 Å². The number of aryl methyl sites for hydroxylation is 1. The number of phenolic OH excluding ortho intramolecular Hbond substituents is 1. The normalized spacial score (nSPS) is 16.3. The zero-order chi connectivity index (χ0) is 21.9. The number of halogens is 2. The fourth-order valence-electron chi connectivity index (χ4n) is 2.87. The minimum Gasteiger partial charge on any atom is -0.506 e. The van der Waals surface area contributed by atoms with E-state index >= 15 is 0 Å². The van der Waals surface area contributed by atoms with Gasteiger partial charge in [-0.3, -0.25) is 4.79 Å².